The van der Waals surface area contributed by atoms with Gasteiger partial charge in [0.2, 0.25) is 0 Å². The zero-order valence-corrected chi connectivity index (χ0v) is 11.8. The van der Waals surface area contributed by atoms with Gasteiger partial charge >= 0.3 is 7.12 Å². The van der Waals surface area contributed by atoms with Crippen LogP contribution in [0.4, 0.5) is 0 Å². The molecule has 5 heteroatoms. The van der Waals surface area contributed by atoms with E-state index in [1.54, 1.807) is 6.07 Å². The number of hydrogen-bond donors (Lipinski definition) is 2. The summed E-state index contributed by atoms with van der Waals surface area (Å²) in [6.07, 6.45) is 2.44. The standard InChI is InChI=1S/C14H23BN2O2/c1-16-9-5-7-13(11-16)17(2)10-12-6-3-4-8-14(12)15(18)19/h3-4,6,8,13,18-19H,5,7,9-11H2,1-2H3. The molecule has 0 radical (unpaired) electrons. The molecule has 1 aliphatic rings. The molecule has 0 spiro atoms. The van der Waals surface area contributed by atoms with E-state index in [0.29, 0.717) is 11.5 Å². The predicted octanol–water partition coefficient (Wildman–Crippen LogP) is -0.108. The minimum Gasteiger partial charge on any atom is -0.423 e. The highest BCUT2D eigenvalue weighted by Crippen LogP contribution is 2.15. The zero-order valence-electron chi connectivity index (χ0n) is 11.8. The molecule has 19 heavy (non-hydrogen) atoms. The van der Waals surface area contributed by atoms with Crippen molar-refractivity contribution in [2.75, 3.05) is 27.2 Å². The van der Waals surface area contributed by atoms with Crippen molar-refractivity contribution in [1.82, 2.24) is 9.80 Å². The smallest absolute Gasteiger partial charge is 0.423 e. The lowest BCUT2D eigenvalue weighted by molar-refractivity contribution is 0.129. The van der Waals surface area contributed by atoms with Gasteiger partial charge in [0.25, 0.3) is 0 Å². The van der Waals surface area contributed by atoms with Gasteiger partial charge < -0.3 is 14.9 Å². The highest BCUT2D eigenvalue weighted by Gasteiger charge is 2.23. The monoisotopic (exact) mass is 262 g/mol. The summed E-state index contributed by atoms with van der Waals surface area (Å²) in [5, 5.41) is 18.8. The summed E-state index contributed by atoms with van der Waals surface area (Å²) in [4.78, 5) is 4.67. The molecule has 0 bridgehead atoms. The average molecular weight is 262 g/mol. The van der Waals surface area contributed by atoms with Crippen LogP contribution >= 0.6 is 0 Å². The molecule has 4 nitrogen and oxygen atoms in total. The Bertz CT molecular complexity index is 414. The Morgan fingerprint density at radius 3 is 2.79 bits per heavy atom. The van der Waals surface area contributed by atoms with Crippen molar-refractivity contribution in [1.29, 1.82) is 0 Å². The quantitative estimate of drug-likeness (QED) is 0.743. The van der Waals surface area contributed by atoms with Crippen LogP contribution in [0.15, 0.2) is 24.3 Å². The van der Waals surface area contributed by atoms with Crippen LogP contribution in [0.1, 0.15) is 18.4 Å². The SMILES string of the molecule is CN1CCCC(N(C)Cc2ccccc2B(O)O)C1. The molecule has 0 aliphatic carbocycles. The molecular formula is C14H23BN2O2. The van der Waals surface area contributed by atoms with Crippen LogP contribution in [-0.2, 0) is 6.54 Å². The third kappa shape index (κ3) is 3.80. The molecule has 0 aromatic heterocycles. The number of hydrogen-bond acceptors (Lipinski definition) is 4. The molecule has 1 fully saturated rings. The number of benzene rings is 1. The molecule has 1 aromatic rings. The van der Waals surface area contributed by atoms with Gasteiger partial charge in [-0.2, -0.15) is 0 Å². The Balaban J connectivity index is 2.04. The molecule has 1 unspecified atom stereocenters. The van der Waals surface area contributed by atoms with Crippen molar-refractivity contribution >= 4 is 12.6 Å². The van der Waals surface area contributed by atoms with Crippen molar-refractivity contribution in [3.05, 3.63) is 29.8 Å². The maximum Gasteiger partial charge on any atom is 0.488 e. The Morgan fingerprint density at radius 2 is 2.11 bits per heavy atom. The molecule has 2 N–H and O–H groups in total. The molecule has 2 rings (SSSR count). The summed E-state index contributed by atoms with van der Waals surface area (Å²) in [5.41, 5.74) is 1.60. The lowest BCUT2D eigenvalue weighted by Gasteiger charge is -2.36. The van der Waals surface area contributed by atoms with Gasteiger partial charge in [-0.3, -0.25) is 4.90 Å². The highest BCUT2D eigenvalue weighted by molar-refractivity contribution is 6.59. The van der Waals surface area contributed by atoms with E-state index < -0.39 is 7.12 Å². The van der Waals surface area contributed by atoms with E-state index in [9.17, 15) is 10.0 Å². The molecular weight excluding hydrogens is 239 g/mol. The second kappa shape index (κ2) is 6.52. The first-order valence-electron chi connectivity index (χ1n) is 6.90. The lowest BCUT2D eigenvalue weighted by atomic mass is 9.77. The third-order valence-corrected chi connectivity index (χ3v) is 3.98. The molecule has 104 valence electrons. The molecule has 1 aliphatic heterocycles. The van der Waals surface area contributed by atoms with E-state index in [-0.39, 0.29) is 0 Å². The topological polar surface area (TPSA) is 46.9 Å². The lowest BCUT2D eigenvalue weighted by Crippen LogP contribution is -2.45. The predicted molar refractivity (Wildman–Crippen MR) is 78.3 cm³/mol. The van der Waals surface area contributed by atoms with Gasteiger partial charge in [-0.15, -0.1) is 0 Å². The number of likely N-dealkylation sites (tertiary alicyclic amines) is 1. The van der Waals surface area contributed by atoms with E-state index in [4.69, 9.17) is 0 Å². The van der Waals surface area contributed by atoms with Crippen molar-refractivity contribution < 1.29 is 10.0 Å². The van der Waals surface area contributed by atoms with Crippen molar-refractivity contribution in [3.8, 4) is 0 Å². The number of nitrogens with zero attached hydrogens (tertiary/aromatic N) is 2. The fourth-order valence-electron chi connectivity index (χ4n) is 2.83. The summed E-state index contributed by atoms with van der Waals surface area (Å²) in [6, 6.07) is 8.08. The summed E-state index contributed by atoms with van der Waals surface area (Å²) >= 11 is 0. The van der Waals surface area contributed by atoms with Gasteiger partial charge in [-0.1, -0.05) is 24.3 Å². The molecule has 0 amide bonds. The minimum atomic E-state index is -1.39. The minimum absolute atomic E-state index is 0.544. The average Bonchev–Trinajstić information content (AvgIpc) is 2.39. The van der Waals surface area contributed by atoms with Gasteiger partial charge in [0, 0.05) is 19.1 Å². The van der Waals surface area contributed by atoms with Crippen LogP contribution in [0.5, 0.6) is 0 Å². The Labute approximate surface area is 115 Å². The van der Waals surface area contributed by atoms with Gasteiger partial charge in [-0.05, 0) is 44.5 Å². The van der Waals surface area contributed by atoms with Gasteiger partial charge in [0.05, 0.1) is 0 Å². The van der Waals surface area contributed by atoms with Crippen LogP contribution < -0.4 is 5.46 Å². The van der Waals surface area contributed by atoms with Crippen LogP contribution in [0.25, 0.3) is 0 Å². The molecule has 1 atom stereocenters. The first-order valence-corrected chi connectivity index (χ1v) is 6.90. The van der Waals surface area contributed by atoms with Crippen LogP contribution in [0, 0.1) is 0 Å². The van der Waals surface area contributed by atoms with Crippen molar-refractivity contribution in [2.24, 2.45) is 0 Å². The first kappa shape index (κ1) is 14.5. The van der Waals surface area contributed by atoms with Gasteiger partial charge in [0.1, 0.15) is 0 Å². The van der Waals surface area contributed by atoms with E-state index in [0.717, 1.165) is 18.7 Å². The zero-order chi connectivity index (χ0) is 13.8. The van der Waals surface area contributed by atoms with E-state index in [2.05, 4.69) is 23.9 Å². The second-order valence-corrected chi connectivity index (χ2v) is 5.55. The van der Waals surface area contributed by atoms with Crippen molar-refractivity contribution in [3.63, 3.8) is 0 Å². The fourth-order valence-corrected chi connectivity index (χ4v) is 2.83. The van der Waals surface area contributed by atoms with Crippen LogP contribution in [0.2, 0.25) is 0 Å². The normalized spacial score (nSPS) is 20.8. The highest BCUT2D eigenvalue weighted by atomic mass is 16.4. The summed E-state index contributed by atoms with van der Waals surface area (Å²) in [5.74, 6) is 0. The largest absolute Gasteiger partial charge is 0.488 e. The van der Waals surface area contributed by atoms with Gasteiger partial charge in [-0.25, -0.2) is 0 Å². The summed E-state index contributed by atoms with van der Waals surface area (Å²) < 4.78 is 0. The van der Waals surface area contributed by atoms with E-state index >= 15 is 0 Å². The molecule has 1 heterocycles. The number of likely N-dealkylation sites (N-methyl/N-ethyl adjacent to an activating group) is 2. The first-order chi connectivity index (χ1) is 9.08. The number of rotatable bonds is 4. The molecule has 1 saturated heterocycles. The maximum absolute atomic E-state index is 9.40. The van der Waals surface area contributed by atoms with Crippen molar-refractivity contribution in [2.45, 2.75) is 25.4 Å². The van der Waals surface area contributed by atoms with E-state index in [1.165, 1.54) is 19.4 Å². The molecule has 1 aromatic carbocycles. The Kier molecular flexibility index (Phi) is 4.99. The molecule has 0 saturated carbocycles. The van der Waals surface area contributed by atoms with Crippen LogP contribution in [-0.4, -0.2) is 60.2 Å². The Morgan fingerprint density at radius 1 is 1.37 bits per heavy atom. The van der Waals surface area contributed by atoms with Crippen LogP contribution in [0.3, 0.4) is 0 Å². The summed E-state index contributed by atoms with van der Waals surface area (Å²) in [6.45, 7) is 3.02. The summed E-state index contributed by atoms with van der Waals surface area (Å²) in [7, 11) is 2.88. The Hall–Kier alpha value is -0.875. The third-order valence-electron chi connectivity index (χ3n) is 3.98. The fraction of sp³-hybridized carbons (Fsp3) is 0.571. The van der Waals surface area contributed by atoms with Gasteiger partial charge in [0.15, 0.2) is 0 Å². The maximum atomic E-state index is 9.40. The van der Waals surface area contributed by atoms with E-state index in [1.807, 2.05) is 18.2 Å². The number of piperidine rings is 1. The second-order valence-electron chi connectivity index (χ2n) is 5.55.